The Labute approximate surface area is 257 Å². The topological polar surface area (TPSA) is 138 Å². The first-order valence-corrected chi connectivity index (χ1v) is 15.6. The lowest BCUT2D eigenvalue weighted by molar-refractivity contribution is 0.0693. The van der Waals surface area contributed by atoms with Crippen LogP contribution in [0.3, 0.4) is 0 Å². The van der Waals surface area contributed by atoms with E-state index < -0.39 is 12.1 Å². The zero-order chi connectivity index (χ0) is 32.3. The van der Waals surface area contributed by atoms with E-state index in [1.54, 1.807) is 0 Å². The molecule has 0 spiro atoms. The van der Waals surface area contributed by atoms with Crippen molar-refractivity contribution < 1.29 is 35.4 Å². The molecular formula is C36H52O7. The number of aromatic carboxylic acids is 1. The number of fused-ring (bicyclic) bond motifs is 1. The standard InChI is InChI=1S/C19H26O2.C17H26O5/c1-5-6-12(2)9-15-11-18(21)19(14(4)20)16-8-7-13(3)10-17(15)16;1-3-4-11(2)7-13-9-16(20)15(17(21)22)8-12(13)5-6-14(19)10-18/h7-8,11-13,20-21H,4-6,9-10H2,1-3H3;8-9,11,14,18-20H,3-7,10H2,1-2H3,(H,21,22). The zero-order valence-electron chi connectivity index (χ0n) is 26.6. The SMILES string of the molecule is C=C(O)c1c(O)cc(CC(C)CCC)c2c1C=CC(C)C2.CCCC(C)Cc1cc(O)c(C(=O)O)cc1CCC(O)CO. The Balaban J connectivity index is 0.000000300. The number of hydrogen-bond acceptors (Lipinski definition) is 6. The smallest absolute Gasteiger partial charge is 0.339 e. The van der Waals surface area contributed by atoms with Crippen LogP contribution in [0.15, 0.2) is 30.9 Å². The Bertz CT molecular complexity index is 1260. The molecule has 4 atom stereocenters. The van der Waals surface area contributed by atoms with E-state index >= 15 is 0 Å². The van der Waals surface area contributed by atoms with Crippen LogP contribution in [-0.4, -0.2) is 49.3 Å². The molecule has 0 radical (unpaired) electrons. The van der Waals surface area contributed by atoms with Crippen LogP contribution in [0.2, 0.25) is 0 Å². The molecule has 0 aromatic heterocycles. The second-order valence-electron chi connectivity index (χ2n) is 12.3. The molecule has 0 saturated heterocycles. The number of aromatic hydroxyl groups is 2. The Hall–Kier alpha value is -3.29. The van der Waals surface area contributed by atoms with Gasteiger partial charge in [0.1, 0.15) is 22.8 Å². The lowest BCUT2D eigenvalue weighted by atomic mass is 9.81. The Morgan fingerprint density at radius 2 is 1.51 bits per heavy atom. The predicted molar refractivity (Wildman–Crippen MR) is 174 cm³/mol. The number of benzene rings is 2. The van der Waals surface area contributed by atoms with Crippen molar-refractivity contribution >= 4 is 17.8 Å². The summed E-state index contributed by atoms with van der Waals surface area (Å²) in [5.74, 6) is 0.203. The van der Waals surface area contributed by atoms with E-state index in [0.717, 1.165) is 48.8 Å². The molecule has 4 unspecified atom stereocenters. The molecule has 2 aromatic carbocycles. The van der Waals surface area contributed by atoms with E-state index in [1.165, 1.54) is 36.1 Å². The summed E-state index contributed by atoms with van der Waals surface area (Å²) in [6, 6.07) is 4.83. The number of rotatable bonds is 14. The second kappa shape index (κ2) is 17.1. The van der Waals surface area contributed by atoms with Gasteiger partial charge >= 0.3 is 5.97 Å². The van der Waals surface area contributed by atoms with E-state index in [9.17, 15) is 25.2 Å². The number of allylic oxidation sites excluding steroid dienone is 1. The molecule has 0 aliphatic heterocycles. The molecule has 7 nitrogen and oxygen atoms in total. The largest absolute Gasteiger partial charge is 0.508 e. The van der Waals surface area contributed by atoms with Gasteiger partial charge in [0.05, 0.1) is 18.3 Å². The quantitative estimate of drug-likeness (QED) is 0.124. The van der Waals surface area contributed by atoms with Crippen molar-refractivity contribution in [3.8, 4) is 11.5 Å². The van der Waals surface area contributed by atoms with E-state index in [-0.39, 0.29) is 29.4 Å². The fourth-order valence-corrected chi connectivity index (χ4v) is 5.97. The molecule has 7 heteroatoms. The fraction of sp³-hybridized carbons (Fsp3) is 0.528. The number of carboxylic acids is 1. The second-order valence-corrected chi connectivity index (χ2v) is 12.3. The van der Waals surface area contributed by atoms with Gasteiger partial charge in [-0.2, -0.15) is 0 Å². The van der Waals surface area contributed by atoms with Crippen molar-refractivity contribution in [3.05, 3.63) is 69.8 Å². The third-order valence-electron chi connectivity index (χ3n) is 8.16. The molecule has 238 valence electrons. The number of aliphatic hydroxyl groups is 3. The van der Waals surface area contributed by atoms with E-state index in [0.29, 0.717) is 36.2 Å². The minimum absolute atomic E-state index is 0.0592. The molecule has 6 N–H and O–H groups in total. The normalized spacial score (nSPS) is 16.0. The van der Waals surface area contributed by atoms with Crippen molar-refractivity contribution in [1.82, 2.24) is 0 Å². The minimum atomic E-state index is -1.17. The highest BCUT2D eigenvalue weighted by molar-refractivity contribution is 5.91. The summed E-state index contributed by atoms with van der Waals surface area (Å²) in [5, 5.41) is 57.5. The average molecular weight is 597 g/mol. The Kier molecular flexibility index (Phi) is 14.3. The number of aliphatic hydroxyl groups excluding tert-OH is 3. The maximum Gasteiger partial charge on any atom is 0.339 e. The van der Waals surface area contributed by atoms with Crippen LogP contribution in [0.5, 0.6) is 11.5 Å². The van der Waals surface area contributed by atoms with E-state index in [4.69, 9.17) is 10.2 Å². The van der Waals surface area contributed by atoms with Gasteiger partial charge in [-0.3, -0.25) is 0 Å². The first-order valence-electron chi connectivity index (χ1n) is 15.6. The van der Waals surface area contributed by atoms with Crippen LogP contribution in [0.1, 0.15) is 110 Å². The Morgan fingerprint density at radius 1 is 0.930 bits per heavy atom. The Morgan fingerprint density at radius 3 is 2.05 bits per heavy atom. The fourth-order valence-electron chi connectivity index (χ4n) is 5.97. The van der Waals surface area contributed by atoms with Crippen molar-refractivity contribution in [2.45, 2.75) is 98.5 Å². The molecule has 0 fully saturated rings. The van der Waals surface area contributed by atoms with Crippen molar-refractivity contribution in [3.63, 3.8) is 0 Å². The molecule has 3 rings (SSSR count). The lowest BCUT2D eigenvalue weighted by Crippen LogP contribution is -2.14. The highest BCUT2D eigenvalue weighted by Crippen LogP contribution is 2.38. The monoisotopic (exact) mass is 596 g/mol. The number of carboxylic acid groups (broad SMARTS) is 1. The number of hydrogen-bond donors (Lipinski definition) is 6. The van der Waals surface area contributed by atoms with Gasteiger partial charge in [0, 0.05) is 0 Å². The maximum absolute atomic E-state index is 11.2. The third kappa shape index (κ3) is 10.4. The van der Waals surface area contributed by atoms with Gasteiger partial charge in [0.2, 0.25) is 0 Å². The van der Waals surface area contributed by atoms with Crippen LogP contribution in [0.4, 0.5) is 0 Å². The summed E-state index contributed by atoms with van der Waals surface area (Å²) in [4.78, 5) is 11.2. The summed E-state index contributed by atoms with van der Waals surface area (Å²) in [7, 11) is 0. The number of aryl methyl sites for hydroxylation is 1. The van der Waals surface area contributed by atoms with Crippen LogP contribution < -0.4 is 0 Å². The predicted octanol–water partition coefficient (Wildman–Crippen LogP) is 7.46. The molecule has 0 saturated carbocycles. The van der Waals surface area contributed by atoms with Crippen LogP contribution >= 0.6 is 0 Å². The first-order chi connectivity index (χ1) is 20.3. The van der Waals surface area contributed by atoms with E-state index in [1.807, 2.05) is 12.1 Å². The third-order valence-corrected chi connectivity index (χ3v) is 8.16. The van der Waals surface area contributed by atoms with Gasteiger partial charge < -0.3 is 30.6 Å². The average Bonchev–Trinajstić information content (AvgIpc) is 2.93. The molecular weight excluding hydrogens is 544 g/mol. The van der Waals surface area contributed by atoms with Crippen LogP contribution in [-0.2, 0) is 25.7 Å². The molecule has 0 bridgehead atoms. The van der Waals surface area contributed by atoms with Crippen LogP contribution in [0, 0.1) is 17.8 Å². The van der Waals surface area contributed by atoms with Gasteiger partial charge in [0.25, 0.3) is 0 Å². The van der Waals surface area contributed by atoms with E-state index in [2.05, 4.69) is 47.3 Å². The highest BCUT2D eigenvalue weighted by Gasteiger charge is 2.22. The van der Waals surface area contributed by atoms with Gasteiger partial charge in [0.15, 0.2) is 0 Å². The highest BCUT2D eigenvalue weighted by atomic mass is 16.4. The summed E-state index contributed by atoms with van der Waals surface area (Å²) in [6.45, 7) is 14.2. The summed E-state index contributed by atoms with van der Waals surface area (Å²) < 4.78 is 0. The van der Waals surface area contributed by atoms with Crippen LogP contribution in [0.25, 0.3) is 11.8 Å². The molecule has 2 aromatic rings. The first kappa shape index (κ1) is 35.9. The minimum Gasteiger partial charge on any atom is -0.508 e. The number of carbonyl (C=O) groups is 1. The maximum atomic E-state index is 11.2. The zero-order valence-corrected chi connectivity index (χ0v) is 26.6. The molecule has 0 amide bonds. The summed E-state index contributed by atoms with van der Waals surface area (Å²) in [5.41, 5.74) is 5.50. The van der Waals surface area contributed by atoms with Gasteiger partial charge in [-0.25, -0.2) is 4.79 Å². The molecule has 0 heterocycles. The lowest BCUT2D eigenvalue weighted by Gasteiger charge is -2.24. The summed E-state index contributed by atoms with van der Waals surface area (Å²) in [6.07, 6.45) is 11.3. The molecule has 1 aliphatic rings. The van der Waals surface area contributed by atoms with Crippen molar-refractivity contribution in [1.29, 1.82) is 0 Å². The number of phenolic OH excluding ortho intramolecular Hbond substituents is 1. The van der Waals surface area contributed by atoms with Crippen molar-refractivity contribution in [2.24, 2.45) is 17.8 Å². The summed E-state index contributed by atoms with van der Waals surface area (Å²) >= 11 is 0. The molecule has 43 heavy (non-hydrogen) atoms. The number of phenols is 2. The molecule has 1 aliphatic carbocycles. The van der Waals surface area contributed by atoms with Gasteiger partial charge in [-0.15, -0.1) is 0 Å². The van der Waals surface area contributed by atoms with Gasteiger partial charge in [-0.1, -0.05) is 79.0 Å². The van der Waals surface area contributed by atoms with Gasteiger partial charge in [-0.05, 0) is 95.9 Å². The van der Waals surface area contributed by atoms with Crippen molar-refractivity contribution in [2.75, 3.05) is 6.61 Å².